The fraction of sp³-hybridized carbons (Fsp3) is 0.0435. The number of aromatic nitrogens is 1. The van der Waals surface area contributed by atoms with Gasteiger partial charge in [0.05, 0.1) is 0 Å². The number of rotatable bonds is 6. The zero-order chi connectivity index (χ0) is 22.2. The number of carbonyl (C=O) groups is 3. The second-order valence-electron chi connectivity index (χ2n) is 6.42. The minimum absolute atomic E-state index is 0.173. The Balaban J connectivity index is 1.61. The number of hydrogen-bond acceptors (Lipinski definition) is 4. The van der Waals surface area contributed by atoms with Gasteiger partial charge < -0.3 is 16.0 Å². The topological polar surface area (TPSA) is 100 Å². The number of benzene rings is 2. The van der Waals surface area contributed by atoms with Gasteiger partial charge in [0.15, 0.2) is 0 Å². The quantitative estimate of drug-likeness (QED) is 0.464. The van der Waals surface area contributed by atoms with Gasteiger partial charge in [0.2, 0.25) is 5.91 Å². The van der Waals surface area contributed by atoms with E-state index in [9.17, 15) is 14.4 Å². The maximum atomic E-state index is 12.4. The average molecular weight is 479 g/mol. The van der Waals surface area contributed by atoms with E-state index in [1.165, 1.54) is 6.08 Å². The van der Waals surface area contributed by atoms with Crippen molar-refractivity contribution in [3.63, 3.8) is 0 Å². The Morgan fingerprint density at radius 2 is 1.68 bits per heavy atom. The molecule has 0 aliphatic heterocycles. The smallest absolute Gasteiger partial charge is 0.256 e. The predicted octanol–water partition coefficient (Wildman–Crippen LogP) is 4.11. The first-order chi connectivity index (χ1) is 14.9. The van der Waals surface area contributed by atoms with Crippen LogP contribution in [0.15, 0.2) is 77.4 Å². The van der Waals surface area contributed by atoms with Crippen molar-refractivity contribution in [2.75, 3.05) is 17.7 Å². The van der Waals surface area contributed by atoms with Crippen LogP contribution in [0, 0.1) is 0 Å². The highest BCUT2D eigenvalue weighted by molar-refractivity contribution is 9.10. The van der Waals surface area contributed by atoms with Crippen LogP contribution in [0.5, 0.6) is 0 Å². The Kier molecular flexibility index (Phi) is 7.29. The van der Waals surface area contributed by atoms with Crippen molar-refractivity contribution in [2.45, 2.75) is 0 Å². The summed E-state index contributed by atoms with van der Waals surface area (Å²) in [6.07, 6.45) is 4.61. The molecule has 0 fully saturated rings. The Labute approximate surface area is 187 Å². The van der Waals surface area contributed by atoms with Crippen molar-refractivity contribution in [2.24, 2.45) is 0 Å². The van der Waals surface area contributed by atoms with Crippen LogP contribution in [0.4, 0.5) is 11.5 Å². The predicted molar refractivity (Wildman–Crippen MR) is 124 cm³/mol. The summed E-state index contributed by atoms with van der Waals surface area (Å²) in [7, 11) is 1.57. The van der Waals surface area contributed by atoms with Crippen LogP contribution in [-0.4, -0.2) is 29.8 Å². The van der Waals surface area contributed by atoms with Gasteiger partial charge in [-0.2, -0.15) is 0 Å². The normalized spacial score (nSPS) is 10.5. The number of pyridine rings is 1. The van der Waals surface area contributed by atoms with E-state index in [0.717, 1.165) is 10.0 Å². The van der Waals surface area contributed by atoms with Crippen LogP contribution in [0.1, 0.15) is 26.3 Å². The minimum Gasteiger partial charge on any atom is -0.355 e. The minimum atomic E-state index is -0.345. The first kappa shape index (κ1) is 21.9. The average Bonchev–Trinajstić information content (AvgIpc) is 2.79. The first-order valence-corrected chi connectivity index (χ1v) is 10.1. The number of anilines is 2. The summed E-state index contributed by atoms with van der Waals surface area (Å²) in [5.74, 6) is -0.429. The maximum absolute atomic E-state index is 12.4. The van der Waals surface area contributed by atoms with Gasteiger partial charge in [-0.15, -0.1) is 0 Å². The molecular weight excluding hydrogens is 460 g/mol. The summed E-state index contributed by atoms with van der Waals surface area (Å²) < 4.78 is 0.811. The van der Waals surface area contributed by atoms with Crippen LogP contribution in [-0.2, 0) is 4.79 Å². The maximum Gasteiger partial charge on any atom is 0.256 e. The molecule has 3 N–H and O–H groups in total. The zero-order valence-corrected chi connectivity index (χ0v) is 18.1. The number of hydrogen-bond donors (Lipinski definition) is 3. The molecular formula is C23H19BrN4O3. The van der Waals surface area contributed by atoms with E-state index in [1.807, 2.05) is 0 Å². The molecule has 2 aromatic carbocycles. The largest absolute Gasteiger partial charge is 0.355 e. The summed E-state index contributed by atoms with van der Waals surface area (Å²) in [4.78, 5) is 40.3. The number of nitrogens with one attached hydrogen (secondary N) is 3. The summed E-state index contributed by atoms with van der Waals surface area (Å²) in [6.45, 7) is 0. The molecule has 0 spiro atoms. The molecule has 1 heterocycles. The molecule has 1 aromatic heterocycles. The lowest BCUT2D eigenvalue weighted by Gasteiger charge is -2.07. The molecule has 7 nitrogen and oxygen atoms in total. The zero-order valence-electron chi connectivity index (χ0n) is 16.6. The van der Waals surface area contributed by atoms with Crippen molar-refractivity contribution in [1.29, 1.82) is 0 Å². The van der Waals surface area contributed by atoms with E-state index in [4.69, 9.17) is 0 Å². The summed E-state index contributed by atoms with van der Waals surface area (Å²) in [5.41, 5.74) is 2.19. The Morgan fingerprint density at radius 1 is 0.903 bits per heavy atom. The lowest BCUT2D eigenvalue weighted by molar-refractivity contribution is -0.111. The fourth-order valence-electron chi connectivity index (χ4n) is 2.62. The summed E-state index contributed by atoms with van der Waals surface area (Å²) >= 11 is 3.29. The third-order valence-corrected chi connectivity index (χ3v) is 4.66. The van der Waals surface area contributed by atoms with Crippen molar-refractivity contribution >= 4 is 51.2 Å². The highest BCUT2D eigenvalue weighted by Crippen LogP contribution is 2.15. The van der Waals surface area contributed by atoms with Gasteiger partial charge in [0, 0.05) is 40.6 Å². The van der Waals surface area contributed by atoms with E-state index < -0.39 is 0 Å². The van der Waals surface area contributed by atoms with Crippen LogP contribution in [0.25, 0.3) is 6.08 Å². The van der Waals surface area contributed by atoms with E-state index in [0.29, 0.717) is 22.6 Å². The fourth-order valence-corrected chi connectivity index (χ4v) is 2.86. The van der Waals surface area contributed by atoms with Crippen LogP contribution in [0.3, 0.4) is 0 Å². The monoisotopic (exact) mass is 478 g/mol. The number of amides is 3. The molecule has 8 heteroatoms. The van der Waals surface area contributed by atoms with Crippen molar-refractivity contribution in [1.82, 2.24) is 10.3 Å². The van der Waals surface area contributed by atoms with Crippen LogP contribution in [0.2, 0.25) is 0 Å². The van der Waals surface area contributed by atoms with E-state index >= 15 is 0 Å². The molecule has 0 aliphatic carbocycles. The Bertz CT molecular complexity index is 1130. The van der Waals surface area contributed by atoms with Gasteiger partial charge in [-0.25, -0.2) is 4.98 Å². The van der Waals surface area contributed by atoms with Gasteiger partial charge in [-0.05, 0) is 70.0 Å². The number of nitrogens with zero attached hydrogens (tertiary/aromatic N) is 1. The SMILES string of the molecule is CNC(=O)c1ccc(/C=C/C(=O)Nc2cccc(C(=O)Nc3ccc(Br)cn3)c2)cc1. The number of halogens is 1. The second kappa shape index (κ2) is 10.3. The molecule has 3 amide bonds. The molecule has 31 heavy (non-hydrogen) atoms. The lowest BCUT2D eigenvalue weighted by Crippen LogP contribution is -2.17. The third-order valence-electron chi connectivity index (χ3n) is 4.19. The highest BCUT2D eigenvalue weighted by Gasteiger charge is 2.08. The van der Waals surface area contributed by atoms with Gasteiger partial charge in [-0.1, -0.05) is 18.2 Å². The van der Waals surface area contributed by atoms with Gasteiger partial charge in [-0.3, -0.25) is 14.4 Å². The van der Waals surface area contributed by atoms with Gasteiger partial charge >= 0.3 is 0 Å². The van der Waals surface area contributed by atoms with Gasteiger partial charge in [0.1, 0.15) is 5.82 Å². The molecule has 0 saturated carbocycles. The molecule has 3 aromatic rings. The van der Waals surface area contributed by atoms with Gasteiger partial charge in [0.25, 0.3) is 11.8 Å². The van der Waals surface area contributed by atoms with E-state index in [2.05, 4.69) is 36.9 Å². The first-order valence-electron chi connectivity index (χ1n) is 9.29. The molecule has 0 bridgehead atoms. The van der Waals surface area contributed by atoms with Crippen molar-refractivity contribution < 1.29 is 14.4 Å². The molecule has 0 saturated heterocycles. The molecule has 0 atom stereocenters. The third kappa shape index (κ3) is 6.35. The summed E-state index contributed by atoms with van der Waals surface area (Å²) in [5, 5.41) is 7.98. The molecule has 156 valence electrons. The number of carbonyl (C=O) groups excluding carboxylic acids is 3. The standard InChI is InChI=1S/C23H19BrN4O3/c1-25-22(30)16-8-5-15(6-9-16)7-12-21(29)27-19-4-2-3-17(13-19)23(31)28-20-11-10-18(24)14-26-20/h2-14H,1H3,(H,25,30)(H,27,29)(H,26,28,31)/b12-7+. The molecule has 3 rings (SSSR count). The van der Waals surface area contributed by atoms with Crippen LogP contribution < -0.4 is 16.0 Å². The Hall–Kier alpha value is -3.78. The Morgan fingerprint density at radius 3 is 2.35 bits per heavy atom. The lowest BCUT2D eigenvalue weighted by atomic mass is 10.1. The molecule has 0 radical (unpaired) electrons. The van der Waals surface area contributed by atoms with E-state index in [-0.39, 0.29) is 17.7 Å². The summed E-state index contributed by atoms with van der Waals surface area (Å²) in [6, 6.07) is 16.9. The van der Waals surface area contributed by atoms with Crippen molar-refractivity contribution in [3.8, 4) is 0 Å². The van der Waals surface area contributed by atoms with Crippen LogP contribution >= 0.6 is 15.9 Å². The molecule has 0 unspecified atom stereocenters. The van der Waals surface area contributed by atoms with E-state index in [1.54, 1.807) is 80.0 Å². The van der Waals surface area contributed by atoms with Crippen molar-refractivity contribution in [3.05, 3.63) is 94.1 Å². The molecule has 0 aliphatic rings. The highest BCUT2D eigenvalue weighted by atomic mass is 79.9. The second-order valence-corrected chi connectivity index (χ2v) is 7.34.